The van der Waals surface area contributed by atoms with E-state index in [1.807, 2.05) is 31.2 Å². The topological polar surface area (TPSA) is 74.6 Å². The smallest absolute Gasteiger partial charge is 0.303 e. The molecule has 0 saturated carbocycles. The van der Waals surface area contributed by atoms with Crippen molar-refractivity contribution in [3.63, 3.8) is 0 Å². The maximum absolute atomic E-state index is 12.5. The standard InChI is InChI=1S/C24H28O4S/c1-16-14-21(26)19(18(16)9-4-2-3-5-11-24(27)28)12-13-20(25)23-15-17-8-6-7-10-22(17)29-23/h2,4,6-8,10,14-15,18-20,25H,3,5,9,11-13H2,1H3,(H,27,28)/b4-2-/t18-,19+,20+/m0/s1. The number of hydrogen-bond donors (Lipinski definition) is 2. The summed E-state index contributed by atoms with van der Waals surface area (Å²) in [5.41, 5.74) is 1.10. The Hall–Kier alpha value is -2.24. The third kappa shape index (κ3) is 5.64. The van der Waals surface area contributed by atoms with Gasteiger partial charge in [-0.3, -0.25) is 9.59 Å². The highest BCUT2D eigenvalue weighted by molar-refractivity contribution is 7.19. The van der Waals surface area contributed by atoms with Gasteiger partial charge in [-0.05, 0) is 68.5 Å². The number of thiophene rings is 1. The third-order valence-corrected chi connectivity index (χ3v) is 6.87. The SMILES string of the molecule is CC1=CC(=O)[C@H](CC[C@@H](O)c2cc3ccccc3s2)[C@H]1C/C=C\CCCC(=O)O. The van der Waals surface area contributed by atoms with Crippen LogP contribution in [0.1, 0.15) is 56.4 Å². The van der Waals surface area contributed by atoms with Gasteiger partial charge in [0.25, 0.3) is 0 Å². The van der Waals surface area contributed by atoms with Crippen molar-refractivity contribution in [3.8, 4) is 0 Å². The maximum Gasteiger partial charge on any atom is 0.303 e. The molecule has 1 aliphatic rings. The van der Waals surface area contributed by atoms with Crippen LogP contribution in [-0.4, -0.2) is 22.0 Å². The summed E-state index contributed by atoms with van der Waals surface area (Å²) in [5.74, 6) is -0.512. The fourth-order valence-corrected chi connectivity index (χ4v) is 5.11. The molecule has 1 aromatic carbocycles. The zero-order valence-corrected chi connectivity index (χ0v) is 17.5. The van der Waals surface area contributed by atoms with Gasteiger partial charge < -0.3 is 10.2 Å². The highest BCUT2D eigenvalue weighted by atomic mass is 32.1. The van der Waals surface area contributed by atoms with Crippen molar-refractivity contribution in [1.29, 1.82) is 0 Å². The number of hydrogen-bond acceptors (Lipinski definition) is 4. The van der Waals surface area contributed by atoms with Crippen LogP contribution in [0, 0.1) is 11.8 Å². The van der Waals surface area contributed by atoms with Crippen LogP contribution in [0.4, 0.5) is 0 Å². The van der Waals surface area contributed by atoms with E-state index in [2.05, 4.69) is 18.2 Å². The Bertz CT molecular complexity index is 891. The maximum atomic E-state index is 12.5. The second-order valence-electron chi connectivity index (χ2n) is 7.78. The van der Waals surface area contributed by atoms with Crippen molar-refractivity contribution in [2.24, 2.45) is 11.8 Å². The summed E-state index contributed by atoms with van der Waals surface area (Å²) in [7, 11) is 0. The van der Waals surface area contributed by atoms with Crippen molar-refractivity contribution < 1.29 is 19.8 Å². The number of aliphatic carboxylic acids is 1. The van der Waals surface area contributed by atoms with Crippen LogP contribution in [-0.2, 0) is 9.59 Å². The van der Waals surface area contributed by atoms with Crippen LogP contribution in [0.2, 0.25) is 0 Å². The number of unbranched alkanes of at least 4 members (excludes halogenated alkanes) is 1. The van der Waals surface area contributed by atoms with Crippen molar-refractivity contribution in [2.45, 2.75) is 51.6 Å². The van der Waals surface area contributed by atoms with E-state index in [0.717, 1.165) is 28.7 Å². The molecule has 0 saturated heterocycles. The molecule has 3 atom stereocenters. The molecule has 2 aromatic rings. The lowest BCUT2D eigenvalue weighted by atomic mass is 9.84. The predicted molar refractivity (Wildman–Crippen MR) is 117 cm³/mol. The minimum absolute atomic E-state index is 0.0808. The van der Waals surface area contributed by atoms with Gasteiger partial charge >= 0.3 is 5.97 Å². The van der Waals surface area contributed by atoms with E-state index in [-0.39, 0.29) is 24.0 Å². The highest BCUT2D eigenvalue weighted by Gasteiger charge is 2.33. The first-order chi connectivity index (χ1) is 14.0. The molecule has 154 valence electrons. The van der Waals surface area contributed by atoms with Gasteiger partial charge in [0.05, 0.1) is 6.10 Å². The lowest BCUT2D eigenvalue weighted by Gasteiger charge is -2.20. The van der Waals surface area contributed by atoms with E-state index in [9.17, 15) is 14.7 Å². The van der Waals surface area contributed by atoms with Gasteiger partial charge in [-0.25, -0.2) is 0 Å². The average molecular weight is 413 g/mol. The van der Waals surface area contributed by atoms with E-state index in [0.29, 0.717) is 19.3 Å². The number of carbonyl (C=O) groups is 2. The number of fused-ring (bicyclic) bond motifs is 1. The molecule has 3 rings (SSSR count). The van der Waals surface area contributed by atoms with Crippen LogP contribution in [0.5, 0.6) is 0 Å². The molecule has 29 heavy (non-hydrogen) atoms. The zero-order valence-electron chi connectivity index (χ0n) is 16.7. The van der Waals surface area contributed by atoms with Crippen LogP contribution in [0.25, 0.3) is 10.1 Å². The number of carboxylic acids is 1. The molecular weight excluding hydrogens is 384 g/mol. The summed E-state index contributed by atoms with van der Waals surface area (Å²) in [5, 5.41) is 20.5. The molecule has 1 aliphatic carbocycles. The minimum Gasteiger partial charge on any atom is -0.481 e. The molecule has 1 heterocycles. The van der Waals surface area contributed by atoms with E-state index in [1.54, 1.807) is 17.4 Å². The molecular formula is C24H28O4S. The van der Waals surface area contributed by atoms with Crippen LogP contribution < -0.4 is 0 Å². The fourth-order valence-electron chi connectivity index (χ4n) is 4.03. The van der Waals surface area contributed by atoms with Crippen LogP contribution >= 0.6 is 11.3 Å². The summed E-state index contributed by atoms with van der Waals surface area (Å²) in [6, 6.07) is 10.1. The second-order valence-corrected chi connectivity index (χ2v) is 8.89. The number of aliphatic hydroxyl groups is 1. The quantitative estimate of drug-likeness (QED) is 0.389. The van der Waals surface area contributed by atoms with Gasteiger partial charge in [0.2, 0.25) is 0 Å². The Morgan fingerprint density at radius 2 is 2.03 bits per heavy atom. The number of ketones is 1. The Labute approximate surface area is 175 Å². The average Bonchev–Trinajstić information content (AvgIpc) is 3.23. The van der Waals surface area contributed by atoms with Crippen molar-refractivity contribution in [2.75, 3.05) is 0 Å². The highest BCUT2D eigenvalue weighted by Crippen LogP contribution is 2.38. The van der Waals surface area contributed by atoms with E-state index in [4.69, 9.17) is 5.11 Å². The van der Waals surface area contributed by atoms with Crippen LogP contribution in [0.15, 0.2) is 54.1 Å². The van der Waals surface area contributed by atoms with E-state index >= 15 is 0 Å². The first kappa shape index (κ1) is 21.5. The Balaban J connectivity index is 1.54. The number of aliphatic hydroxyl groups excluding tert-OH is 1. The largest absolute Gasteiger partial charge is 0.481 e. The molecule has 1 aromatic heterocycles. The summed E-state index contributed by atoms with van der Waals surface area (Å²) in [6.07, 6.45) is 8.87. The van der Waals surface area contributed by atoms with Crippen molar-refractivity contribution in [1.82, 2.24) is 0 Å². The molecule has 5 heteroatoms. The molecule has 0 unspecified atom stereocenters. The zero-order chi connectivity index (χ0) is 20.8. The summed E-state index contributed by atoms with van der Waals surface area (Å²) < 4.78 is 1.17. The molecule has 0 spiro atoms. The molecule has 2 N–H and O–H groups in total. The van der Waals surface area contributed by atoms with Crippen molar-refractivity contribution in [3.05, 3.63) is 59.0 Å². The Morgan fingerprint density at radius 1 is 1.24 bits per heavy atom. The first-order valence-electron chi connectivity index (χ1n) is 10.2. The summed E-state index contributed by atoms with van der Waals surface area (Å²) >= 11 is 1.61. The first-order valence-corrected chi connectivity index (χ1v) is 11.0. The summed E-state index contributed by atoms with van der Waals surface area (Å²) in [6.45, 7) is 2.00. The second kappa shape index (κ2) is 9.99. The van der Waals surface area contributed by atoms with Gasteiger partial charge in [-0.1, -0.05) is 35.9 Å². The van der Waals surface area contributed by atoms with Crippen LogP contribution in [0.3, 0.4) is 0 Å². The fraction of sp³-hybridized carbons (Fsp3) is 0.417. The molecule has 0 bridgehead atoms. The third-order valence-electron chi connectivity index (χ3n) is 5.65. The molecule has 4 nitrogen and oxygen atoms in total. The normalized spacial score (nSPS) is 20.5. The molecule has 0 radical (unpaired) electrons. The number of benzene rings is 1. The molecule has 0 fully saturated rings. The minimum atomic E-state index is -0.768. The molecule has 0 aliphatic heterocycles. The van der Waals surface area contributed by atoms with Gasteiger partial charge in [0, 0.05) is 21.9 Å². The Kier molecular flexibility index (Phi) is 7.40. The van der Waals surface area contributed by atoms with Gasteiger partial charge in [-0.15, -0.1) is 11.3 Å². The number of carbonyl (C=O) groups excluding carboxylic acids is 1. The number of rotatable bonds is 10. The van der Waals surface area contributed by atoms with E-state index < -0.39 is 12.1 Å². The molecule has 0 amide bonds. The lowest BCUT2D eigenvalue weighted by molar-refractivity contribution is -0.137. The lowest BCUT2D eigenvalue weighted by Crippen LogP contribution is -2.17. The summed E-state index contributed by atoms with van der Waals surface area (Å²) in [4.78, 5) is 24.0. The number of carboxylic acid groups (broad SMARTS) is 1. The van der Waals surface area contributed by atoms with Gasteiger partial charge in [0.15, 0.2) is 5.78 Å². The number of allylic oxidation sites excluding steroid dienone is 4. The van der Waals surface area contributed by atoms with Gasteiger partial charge in [0.1, 0.15) is 0 Å². The monoisotopic (exact) mass is 412 g/mol. The predicted octanol–water partition coefficient (Wildman–Crippen LogP) is 5.68. The Morgan fingerprint density at radius 3 is 2.79 bits per heavy atom. The van der Waals surface area contributed by atoms with E-state index in [1.165, 1.54) is 4.70 Å². The van der Waals surface area contributed by atoms with Crippen molar-refractivity contribution >= 4 is 33.2 Å². The van der Waals surface area contributed by atoms with Gasteiger partial charge in [-0.2, -0.15) is 0 Å².